The number of rotatable bonds is 4. The van der Waals surface area contributed by atoms with Crippen molar-refractivity contribution >= 4 is 17.9 Å². The minimum Gasteiger partial charge on any atom is -0.508 e. The van der Waals surface area contributed by atoms with Crippen LogP contribution in [0.2, 0.25) is 0 Å². The maximum Gasteiger partial charge on any atom is 0.251 e. The molecule has 5 heteroatoms. The number of phenols is 1. The zero-order valence-corrected chi connectivity index (χ0v) is 14.5. The van der Waals surface area contributed by atoms with Crippen LogP contribution in [0.25, 0.3) is 6.08 Å². The molecule has 0 saturated carbocycles. The molecule has 3 rings (SSSR count). The SMILES string of the molecule is O=C(NC1CCN(C(=O)/C=C/c2ccccc2)CC1)c1cccc(O)c1. The van der Waals surface area contributed by atoms with Gasteiger partial charge in [0.1, 0.15) is 5.75 Å². The van der Waals surface area contributed by atoms with Crippen LogP contribution in [0.5, 0.6) is 5.75 Å². The standard InChI is InChI=1S/C21H22N2O3/c24-19-8-4-7-17(15-19)21(26)22-18-11-13-23(14-12-18)20(25)10-9-16-5-2-1-3-6-16/h1-10,15,18,24H,11-14H2,(H,22,26)/b10-9+. The van der Waals surface area contributed by atoms with Gasteiger partial charge in [0, 0.05) is 30.8 Å². The van der Waals surface area contributed by atoms with Crippen molar-refractivity contribution in [3.8, 4) is 5.75 Å². The molecule has 1 aliphatic rings. The Morgan fingerprint density at radius 3 is 2.46 bits per heavy atom. The van der Waals surface area contributed by atoms with E-state index < -0.39 is 0 Å². The van der Waals surface area contributed by atoms with E-state index in [2.05, 4.69) is 5.32 Å². The summed E-state index contributed by atoms with van der Waals surface area (Å²) < 4.78 is 0. The fraction of sp³-hybridized carbons (Fsp3) is 0.238. The maximum absolute atomic E-state index is 12.3. The lowest BCUT2D eigenvalue weighted by molar-refractivity contribution is -0.126. The van der Waals surface area contributed by atoms with Crippen LogP contribution < -0.4 is 5.32 Å². The molecule has 0 radical (unpaired) electrons. The molecule has 0 unspecified atom stereocenters. The Morgan fingerprint density at radius 1 is 1.04 bits per heavy atom. The zero-order valence-electron chi connectivity index (χ0n) is 14.5. The molecule has 0 spiro atoms. The number of nitrogens with one attached hydrogen (secondary N) is 1. The third kappa shape index (κ3) is 4.72. The van der Waals surface area contributed by atoms with Gasteiger partial charge >= 0.3 is 0 Å². The second kappa shape index (κ2) is 8.34. The molecule has 0 bridgehead atoms. The predicted octanol–water partition coefficient (Wildman–Crippen LogP) is 2.83. The molecule has 2 aromatic carbocycles. The van der Waals surface area contributed by atoms with Crippen molar-refractivity contribution in [3.05, 3.63) is 71.8 Å². The first-order valence-electron chi connectivity index (χ1n) is 8.74. The molecule has 0 atom stereocenters. The molecule has 26 heavy (non-hydrogen) atoms. The number of benzene rings is 2. The van der Waals surface area contributed by atoms with E-state index in [0.29, 0.717) is 18.7 Å². The number of piperidine rings is 1. The summed E-state index contributed by atoms with van der Waals surface area (Å²) in [5.41, 5.74) is 1.43. The first-order chi connectivity index (χ1) is 12.6. The molecule has 5 nitrogen and oxygen atoms in total. The van der Waals surface area contributed by atoms with E-state index in [9.17, 15) is 14.7 Å². The van der Waals surface area contributed by atoms with Gasteiger partial charge in [0.15, 0.2) is 0 Å². The number of carbonyl (C=O) groups excluding carboxylic acids is 2. The molecule has 1 fully saturated rings. The zero-order chi connectivity index (χ0) is 18.4. The van der Waals surface area contributed by atoms with Crippen LogP contribution in [0.4, 0.5) is 0 Å². The Morgan fingerprint density at radius 2 is 1.77 bits per heavy atom. The highest BCUT2D eigenvalue weighted by Gasteiger charge is 2.23. The van der Waals surface area contributed by atoms with Crippen LogP contribution in [0.15, 0.2) is 60.7 Å². The highest BCUT2D eigenvalue weighted by atomic mass is 16.3. The first kappa shape index (κ1) is 17.7. The lowest BCUT2D eigenvalue weighted by atomic mass is 10.0. The fourth-order valence-corrected chi connectivity index (χ4v) is 3.00. The molecule has 1 heterocycles. The lowest BCUT2D eigenvalue weighted by Crippen LogP contribution is -2.46. The van der Waals surface area contributed by atoms with E-state index in [4.69, 9.17) is 0 Å². The van der Waals surface area contributed by atoms with E-state index in [-0.39, 0.29) is 23.6 Å². The van der Waals surface area contributed by atoms with Crippen LogP contribution >= 0.6 is 0 Å². The van der Waals surface area contributed by atoms with Crippen LogP contribution in [-0.4, -0.2) is 41.0 Å². The van der Waals surface area contributed by atoms with Gasteiger partial charge in [-0.05, 0) is 42.7 Å². The smallest absolute Gasteiger partial charge is 0.251 e. The van der Waals surface area contributed by atoms with Crippen LogP contribution in [-0.2, 0) is 4.79 Å². The monoisotopic (exact) mass is 350 g/mol. The van der Waals surface area contributed by atoms with Crippen LogP contribution in [0.1, 0.15) is 28.8 Å². The second-order valence-electron chi connectivity index (χ2n) is 6.37. The number of phenolic OH excluding ortho intramolecular Hbond substituents is 1. The van der Waals surface area contributed by atoms with E-state index in [0.717, 1.165) is 18.4 Å². The minimum atomic E-state index is -0.199. The van der Waals surface area contributed by atoms with E-state index >= 15 is 0 Å². The molecule has 0 aromatic heterocycles. The van der Waals surface area contributed by atoms with Crippen molar-refractivity contribution in [2.24, 2.45) is 0 Å². The average molecular weight is 350 g/mol. The van der Waals surface area contributed by atoms with Gasteiger partial charge < -0.3 is 15.3 Å². The van der Waals surface area contributed by atoms with Crippen molar-refractivity contribution in [2.45, 2.75) is 18.9 Å². The largest absolute Gasteiger partial charge is 0.508 e. The Hall–Kier alpha value is -3.08. The van der Waals surface area contributed by atoms with Crippen molar-refractivity contribution < 1.29 is 14.7 Å². The number of likely N-dealkylation sites (tertiary alicyclic amines) is 1. The summed E-state index contributed by atoms with van der Waals surface area (Å²) in [6.45, 7) is 1.23. The van der Waals surface area contributed by atoms with Crippen molar-refractivity contribution in [3.63, 3.8) is 0 Å². The Bertz CT molecular complexity index is 794. The molecule has 1 aliphatic heterocycles. The summed E-state index contributed by atoms with van der Waals surface area (Å²) in [6.07, 6.45) is 4.85. The van der Waals surface area contributed by atoms with Gasteiger partial charge in [0.25, 0.3) is 5.91 Å². The molecule has 0 aliphatic carbocycles. The molecule has 1 saturated heterocycles. The number of amides is 2. The summed E-state index contributed by atoms with van der Waals surface area (Å²) in [5, 5.41) is 12.4. The number of aromatic hydroxyl groups is 1. The molecular weight excluding hydrogens is 328 g/mol. The Labute approximate surface area is 153 Å². The third-order valence-corrected chi connectivity index (χ3v) is 4.47. The molecule has 2 amide bonds. The first-order valence-corrected chi connectivity index (χ1v) is 8.74. The maximum atomic E-state index is 12.3. The van der Waals surface area contributed by atoms with Gasteiger partial charge in [0.2, 0.25) is 5.91 Å². The van der Waals surface area contributed by atoms with Crippen molar-refractivity contribution in [2.75, 3.05) is 13.1 Å². The summed E-state index contributed by atoms with van der Waals surface area (Å²) in [6, 6.07) is 16.0. The normalized spacial score (nSPS) is 15.2. The van der Waals surface area contributed by atoms with Gasteiger partial charge in [-0.2, -0.15) is 0 Å². The van der Waals surface area contributed by atoms with Gasteiger partial charge in [-0.3, -0.25) is 9.59 Å². The molecule has 2 aromatic rings. The van der Waals surface area contributed by atoms with Gasteiger partial charge in [0.05, 0.1) is 0 Å². The van der Waals surface area contributed by atoms with Gasteiger partial charge in [-0.25, -0.2) is 0 Å². The van der Waals surface area contributed by atoms with E-state index in [1.54, 1.807) is 23.1 Å². The number of carbonyl (C=O) groups is 2. The highest BCUT2D eigenvalue weighted by Crippen LogP contribution is 2.14. The summed E-state index contributed by atoms with van der Waals surface area (Å²) >= 11 is 0. The van der Waals surface area contributed by atoms with Crippen LogP contribution in [0, 0.1) is 0 Å². The number of hydrogen-bond donors (Lipinski definition) is 2. The topological polar surface area (TPSA) is 69.6 Å². The lowest BCUT2D eigenvalue weighted by Gasteiger charge is -2.31. The molecule has 2 N–H and O–H groups in total. The summed E-state index contributed by atoms with van der Waals surface area (Å²) in [5.74, 6) is -0.135. The van der Waals surface area contributed by atoms with E-state index in [1.807, 2.05) is 36.4 Å². The number of hydrogen-bond acceptors (Lipinski definition) is 3. The highest BCUT2D eigenvalue weighted by molar-refractivity contribution is 5.95. The van der Waals surface area contributed by atoms with Crippen molar-refractivity contribution in [1.29, 1.82) is 0 Å². The minimum absolute atomic E-state index is 0.00777. The van der Waals surface area contributed by atoms with Gasteiger partial charge in [-0.15, -0.1) is 0 Å². The quantitative estimate of drug-likeness (QED) is 0.833. The number of nitrogens with zero attached hydrogens (tertiary/aromatic N) is 1. The fourth-order valence-electron chi connectivity index (χ4n) is 3.00. The molecular formula is C21H22N2O3. The molecule has 134 valence electrons. The third-order valence-electron chi connectivity index (χ3n) is 4.47. The second-order valence-corrected chi connectivity index (χ2v) is 6.37. The van der Waals surface area contributed by atoms with Crippen molar-refractivity contribution in [1.82, 2.24) is 10.2 Å². The average Bonchev–Trinajstić information content (AvgIpc) is 2.67. The van der Waals surface area contributed by atoms with Gasteiger partial charge in [-0.1, -0.05) is 36.4 Å². The Balaban J connectivity index is 1.48. The van der Waals surface area contributed by atoms with Crippen LogP contribution in [0.3, 0.4) is 0 Å². The summed E-state index contributed by atoms with van der Waals surface area (Å²) in [7, 11) is 0. The summed E-state index contributed by atoms with van der Waals surface area (Å²) in [4.78, 5) is 26.3. The Kier molecular flexibility index (Phi) is 5.69. The predicted molar refractivity (Wildman–Crippen MR) is 101 cm³/mol. The van der Waals surface area contributed by atoms with E-state index in [1.165, 1.54) is 12.1 Å².